The number of aromatic nitrogens is 6. The Morgan fingerprint density at radius 1 is 1.09 bits per heavy atom. The minimum atomic E-state index is -0.985. The van der Waals surface area contributed by atoms with Crippen LogP contribution < -0.4 is 0 Å². The second-order valence-corrected chi connectivity index (χ2v) is 9.67. The molecule has 8 nitrogen and oxygen atoms in total. The molecule has 1 fully saturated rings. The van der Waals surface area contributed by atoms with E-state index in [0.29, 0.717) is 11.7 Å². The van der Waals surface area contributed by atoms with Crippen LogP contribution in [0.25, 0.3) is 33.5 Å². The molecule has 34 heavy (non-hydrogen) atoms. The molecule has 0 unspecified atom stereocenters. The summed E-state index contributed by atoms with van der Waals surface area (Å²) >= 11 is 0. The van der Waals surface area contributed by atoms with Crippen LogP contribution in [0, 0.1) is 0 Å². The minimum Gasteiger partial charge on any atom is -0.384 e. The number of H-pyrrole nitrogens is 1. The third kappa shape index (κ3) is 4.23. The Balaban J connectivity index is 1.46. The van der Waals surface area contributed by atoms with Crippen LogP contribution in [0.1, 0.15) is 57.8 Å². The SMILES string of the molecule is CCc1cc(-c2cnc3[nH]cc(-c4cnn(C5CCN(CC)CC5)c4)c3n2)cnc1C(C)(C)O. The van der Waals surface area contributed by atoms with E-state index in [9.17, 15) is 5.11 Å². The molecule has 0 bridgehead atoms. The molecule has 5 heterocycles. The molecule has 0 saturated carbocycles. The van der Waals surface area contributed by atoms with E-state index in [1.54, 1.807) is 26.2 Å². The van der Waals surface area contributed by atoms with Crippen molar-refractivity contribution in [2.75, 3.05) is 19.6 Å². The summed E-state index contributed by atoms with van der Waals surface area (Å²) in [5.74, 6) is 0. The van der Waals surface area contributed by atoms with E-state index in [1.165, 1.54) is 0 Å². The fourth-order valence-corrected chi connectivity index (χ4v) is 4.90. The van der Waals surface area contributed by atoms with Crippen LogP contribution in [0.15, 0.2) is 37.1 Å². The molecule has 2 N–H and O–H groups in total. The van der Waals surface area contributed by atoms with Crippen molar-refractivity contribution in [2.24, 2.45) is 0 Å². The lowest BCUT2D eigenvalue weighted by Gasteiger charge is -2.31. The van der Waals surface area contributed by atoms with Crippen molar-refractivity contribution in [3.8, 4) is 22.4 Å². The smallest absolute Gasteiger partial charge is 0.156 e. The van der Waals surface area contributed by atoms with Crippen molar-refractivity contribution in [2.45, 2.75) is 58.6 Å². The molecule has 0 atom stereocenters. The summed E-state index contributed by atoms with van der Waals surface area (Å²) in [5.41, 5.74) is 5.99. The normalized spacial score (nSPS) is 15.9. The number of nitrogens with one attached hydrogen (secondary N) is 1. The number of pyridine rings is 1. The fraction of sp³-hybridized carbons (Fsp3) is 0.462. The number of piperidine rings is 1. The first kappa shape index (κ1) is 22.7. The Hall–Kier alpha value is -3.10. The fourth-order valence-electron chi connectivity index (χ4n) is 4.90. The maximum Gasteiger partial charge on any atom is 0.156 e. The highest BCUT2D eigenvalue weighted by Gasteiger charge is 2.23. The van der Waals surface area contributed by atoms with Crippen LogP contribution in [-0.2, 0) is 12.0 Å². The van der Waals surface area contributed by atoms with E-state index in [-0.39, 0.29) is 0 Å². The van der Waals surface area contributed by atoms with E-state index >= 15 is 0 Å². The molecular weight excluding hydrogens is 426 g/mol. The van der Waals surface area contributed by atoms with Crippen LogP contribution in [0.3, 0.4) is 0 Å². The van der Waals surface area contributed by atoms with Gasteiger partial charge in [0.2, 0.25) is 0 Å². The number of nitrogens with zero attached hydrogens (tertiary/aromatic N) is 6. The monoisotopic (exact) mass is 459 g/mol. The average molecular weight is 460 g/mol. The minimum absolute atomic E-state index is 0.441. The Kier molecular flexibility index (Phi) is 5.95. The van der Waals surface area contributed by atoms with E-state index in [4.69, 9.17) is 10.1 Å². The zero-order chi connectivity index (χ0) is 23.9. The highest BCUT2D eigenvalue weighted by atomic mass is 16.3. The molecule has 4 aromatic heterocycles. The quantitative estimate of drug-likeness (QED) is 0.446. The van der Waals surface area contributed by atoms with Crippen molar-refractivity contribution in [1.29, 1.82) is 0 Å². The van der Waals surface area contributed by atoms with Crippen molar-refractivity contribution in [1.82, 2.24) is 34.6 Å². The van der Waals surface area contributed by atoms with E-state index in [1.807, 2.05) is 12.4 Å². The van der Waals surface area contributed by atoms with Gasteiger partial charge in [-0.2, -0.15) is 5.10 Å². The molecule has 1 saturated heterocycles. The number of aromatic amines is 1. The van der Waals surface area contributed by atoms with Gasteiger partial charge in [0.15, 0.2) is 5.65 Å². The number of likely N-dealkylation sites (tertiary alicyclic amines) is 1. The second kappa shape index (κ2) is 8.92. The first-order valence-corrected chi connectivity index (χ1v) is 12.2. The van der Waals surface area contributed by atoms with Gasteiger partial charge in [0.05, 0.1) is 29.8 Å². The lowest BCUT2D eigenvalue weighted by Crippen LogP contribution is -2.34. The van der Waals surface area contributed by atoms with Gasteiger partial charge in [0.25, 0.3) is 0 Å². The van der Waals surface area contributed by atoms with E-state index in [0.717, 1.165) is 78.0 Å². The van der Waals surface area contributed by atoms with E-state index < -0.39 is 5.60 Å². The number of hydrogen-bond donors (Lipinski definition) is 2. The summed E-state index contributed by atoms with van der Waals surface area (Å²) in [4.78, 5) is 19.9. The number of rotatable bonds is 6. The topological polar surface area (TPSA) is 95.8 Å². The maximum atomic E-state index is 10.5. The molecule has 4 aromatic rings. The molecule has 0 radical (unpaired) electrons. The predicted octanol–water partition coefficient (Wildman–Crippen LogP) is 4.33. The lowest BCUT2D eigenvalue weighted by atomic mass is 9.96. The van der Waals surface area contributed by atoms with Gasteiger partial charge in [-0.1, -0.05) is 13.8 Å². The van der Waals surface area contributed by atoms with E-state index in [2.05, 4.69) is 50.6 Å². The molecule has 5 rings (SSSR count). The first-order chi connectivity index (χ1) is 16.4. The van der Waals surface area contributed by atoms with Gasteiger partial charge in [-0.25, -0.2) is 9.97 Å². The summed E-state index contributed by atoms with van der Waals surface area (Å²) in [6, 6.07) is 2.50. The van der Waals surface area contributed by atoms with Crippen molar-refractivity contribution in [3.63, 3.8) is 0 Å². The van der Waals surface area contributed by atoms with Crippen LogP contribution >= 0.6 is 0 Å². The van der Waals surface area contributed by atoms with Crippen molar-refractivity contribution < 1.29 is 5.11 Å². The third-order valence-electron chi connectivity index (χ3n) is 6.89. The van der Waals surface area contributed by atoms with Gasteiger partial charge >= 0.3 is 0 Å². The summed E-state index contributed by atoms with van der Waals surface area (Å²) in [5, 5.41) is 15.1. The summed E-state index contributed by atoms with van der Waals surface area (Å²) in [6.45, 7) is 11.2. The zero-order valence-electron chi connectivity index (χ0n) is 20.4. The summed E-state index contributed by atoms with van der Waals surface area (Å²) < 4.78 is 2.12. The summed E-state index contributed by atoms with van der Waals surface area (Å²) in [6.07, 6.45) is 12.6. The molecule has 0 amide bonds. The number of aryl methyl sites for hydroxylation is 1. The van der Waals surface area contributed by atoms with Crippen LogP contribution in [0.2, 0.25) is 0 Å². The molecule has 1 aliphatic heterocycles. The number of hydrogen-bond acceptors (Lipinski definition) is 6. The molecule has 0 aliphatic carbocycles. The molecule has 0 spiro atoms. The van der Waals surface area contributed by atoms with Crippen LogP contribution in [0.4, 0.5) is 0 Å². The number of fused-ring (bicyclic) bond motifs is 1. The predicted molar refractivity (Wildman–Crippen MR) is 133 cm³/mol. The van der Waals surface area contributed by atoms with Gasteiger partial charge in [-0.3, -0.25) is 9.67 Å². The third-order valence-corrected chi connectivity index (χ3v) is 6.89. The van der Waals surface area contributed by atoms with Crippen molar-refractivity contribution in [3.05, 3.63) is 48.3 Å². The van der Waals surface area contributed by atoms with Crippen LogP contribution in [-0.4, -0.2) is 59.4 Å². The van der Waals surface area contributed by atoms with Crippen molar-refractivity contribution >= 4 is 11.2 Å². The van der Waals surface area contributed by atoms with Gasteiger partial charge in [-0.05, 0) is 51.3 Å². The Morgan fingerprint density at radius 3 is 2.59 bits per heavy atom. The zero-order valence-corrected chi connectivity index (χ0v) is 20.4. The summed E-state index contributed by atoms with van der Waals surface area (Å²) in [7, 11) is 0. The van der Waals surface area contributed by atoms with Crippen LogP contribution in [0.5, 0.6) is 0 Å². The Morgan fingerprint density at radius 2 is 1.88 bits per heavy atom. The second-order valence-electron chi connectivity index (χ2n) is 9.67. The molecule has 1 aliphatic rings. The van der Waals surface area contributed by atoms with Gasteiger partial charge in [-0.15, -0.1) is 0 Å². The molecular formula is C26H33N7O. The lowest BCUT2D eigenvalue weighted by molar-refractivity contribution is 0.0729. The van der Waals surface area contributed by atoms with Gasteiger partial charge in [0, 0.05) is 48.4 Å². The first-order valence-electron chi connectivity index (χ1n) is 12.2. The Bertz CT molecular complexity index is 1290. The molecule has 178 valence electrons. The highest BCUT2D eigenvalue weighted by molar-refractivity contribution is 5.91. The largest absolute Gasteiger partial charge is 0.384 e. The molecule has 0 aromatic carbocycles. The average Bonchev–Trinajstić information content (AvgIpc) is 3.50. The van der Waals surface area contributed by atoms with Gasteiger partial charge < -0.3 is 15.0 Å². The maximum absolute atomic E-state index is 10.5. The molecule has 8 heteroatoms. The standard InChI is InChI=1S/C26H33N7O/c1-5-17-11-18(12-27-24(17)26(3,4)34)22-15-29-25-23(31-22)21(14-28-25)19-13-30-33(16-19)20-7-9-32(6-2)10-8-20/h11-16,20,34H,5-10H2,1-4H3,(H,28,29). The highest BCUT2D eigenvalue weighted by Crippen LogP contribution is 2.31. The van der Waals surface area contributed by atoms with Gasteiger partial charge in [0.1, 0.15) is 11.1 Å². The Labute approximate surface area is 200 Å². The number of aliphatic hydroxyl groups is 1.